The van der Waals surface area contributed by atoms with Crippen LogP contribution in [0.4, 0.5) is 0 Å². The molecule has 0 rings (SSSR count). The number of hydrogen-bond donors (Lipinski definition) is 0. The normalized spacial score (nSPS) is 13.1. The molecular formula is C10H18Cl2O2. The quantitative estimate of drug-likeness (QED) is 0.656. The van der Waals surface area contributed by atoms with Crippen molar-refractivity contribution < 1.29 is 9.47 Å². The van der Waals surface area contributed by atoms with E-state index in [4.69, 9.17) is 32.7 Å². The summed E-state index contributed by atoms with van der Waals surface area (Å²) in [5, 5.41) is 0.280. The minimum absolute atomic E-state index is 0.140. The molecule has 84 valence electrons. The summed E-state index contributed by atoms with van der Waals surface area (Å²) in [5.41, 5.74) is 0. The van der Waals surface area contributed by atoms with Gasteiger partial charge in [-0.25, -0.2) is 0 Å². The van der Waals surface area contributed by atoms with Crippen LogP contribution in [0.2, 0.25) is 0 Å². The zero-order chi connectivity index (χ0) is 11.1. The van der Waals surface area contributed by atoms with Crippen LogP contribution >= 0.6 is 23.2 Å². The lowest BCUT2D eigenvalue weighted by atomic mass is 10.2. The highest BCUT2D eigenvalue weighted by Crippen LogP contribution is 2.18. The molecule has 0 atom stereocenters. The topological polar surface area (TPSA) is 18.5 Å². The fraction of sp³-hybridized carbons (Fsp3) is 0.800. The maximum atomic E-state index is 5.76. The summed E-state index contributed by atoms with van der Waals surface area (Å²) in [6.45, 7) is 9.22. The maximum Gasteiger partial charge on any atom is 0.242 e. The van der Waals surface area contributed by atoms with Gasteiger partial charge in [0, 0.05) is 0 Å². The third-order valence-electron chi connectivity index (χ3n) is 1.24. The van der Waals surface area contributed by atoms with Crippen LogP contribution in [0.25, 0.3) is 0 Å². The molecule has 0 aromatic rings. The Morgan fingerprint density at radius 1 is 0.857 bits per heavy atom. The second-order valence-electron chi connectivity index (χ2n) is 3.96. The molecule has 0 aromatic carbocycles. The first-order valence-electron chi connectivity index (χ1n) is 4.74. The zero-order valence-electron chi connectivity index (χ0n) is 9.14. The van der Waals surface area contributed by atoms with Gasteiger partial charge in [0.2, 0.25) is 10.4 Å². The van der Waals surface area contributed by atoms with E-state index in [1.54, 1.807) is 0 Å². The third kappa shape index (κ3) is 7.34. The highest BCUT2D eigenvalue weighted by atomic mass is 35.5. The maximum absolute atomic E-state index is 5.76. The van der Waals surface area contributed by atoms with Crippen molar-refractivity contribution in [3.05, 3.63) is 10.4 Å². The van der Waals surface area contributed by atoms with E-state index < -0.39 is 0 Å². The lowest BCUT2D eigenvalue weighted by Crippen LogP contribution is -2.03. The Bertz CT molecular complexity index is 169. The summed E-state index contributed by atoms with van der Waals surface area (Å²) in [5.74, 6) is 0.830. The average molecular weight is 241 g/mol. The van der Waals surface area contributed by atoms with E-state index in [2.05, 4.69) is 0 Å². The number of ether oxygens (including phenoxy) is 2. The van der Waals surface area contributed by atoms with Gasteiger partial charge in [0.05, 0.1) is 13.2 Å². The second-order valence-corrected chi connectivity index (χ2v) is 4.64. The molecule has 0 amide bonds. The van der Waals surface area contributed by atoms with Crippen molar-refractivity contribution in [3.8, 4) is 0 Å². The van der Waals surface area contributed by atoms with Gasteiger partial charge in [-0.15, -0.1) is 0 Å². The van der Waals surface area contributed by atoms with Crippen molar-refractivity contribution in [2.45, 2.75) is 27.7 Å². The Labute approximate surface area is 96.2 Å². The lowest BCUT2D eigenvalue weighted by Gasteiger charge is -2.11. The molecule has 0 radical (unpaired) electrons. The summed E-state index contributed by atoms with van der Waals surface area (Å²) >= 11 is 11.5. The molecule has 2 nitrogen and oxygen atoms in total. The third-order valence-corrected chi connectivity index (χ3v) is 1.90. The van der Waals surface area contributed by atoms with Gasteiger partial charge in [0.15, 0.2) is 0 Å². The molecule has 0 aromatic heterocycles. The minimum atomic E-state index is 0.140. The largest absolute Gasteiger partial charge is 0.479 e. The van der Waals surface area contributed by atoms with E-state index >= 15 is 0 Å². The first-order valence-corrected chi connectivity index (χ1v) is 5.50. The minimum Gasteiger partial charge on any atom is -0.479 e. The van der Waals surface area contributed by atoms with Crippen LogP contribution in [0.1, 0.15) is 27.7 Å². The molecule has 0 aliphatic rings. The molecule has 0 saturated carbocycles. The van der Waals surface area contributed by atoms with E-state index in [0.29, 0.717) is 25.0 Å². The molecule has 0 bridgehead atoms. The van der Waals surface area contributed by atoms with E-state index in [1.165, 1.54) is 0 Å². The van der Waals surface area contributed by atoms with Gasteiger partial charge in [-0.05, 0) is 35.0 Å². The summed E-state index contributed by atoms with van der Waals surface area (Å²) in [6.07, 6.45) is 0. The van der Waals surface area contributed by atoms with Crippen LogP contribution in [-0.4, -0.2) is 13.2 Å². The summed E-state index contributed by atoms with van der Waals surface area (Å²) in [6, 6.07) is 0. The van der Waals surface area contributed by atoms with E-state index in [0.717, 1.165) is 0 Å². The van der Waals surface area contributed by atoms with Crippen LogP contribution in [0.5, 0.6) is 0 Å². The van der Waals surface area contributed by atoms with Gasteiger partial charge in [-0.3, -0.25) is 0 Å². The first kappa shape index (κ1) is 13.9. The van der Waals surface area contributed by atoms with Gasteiger partial charge < -0.3 is 9.47 Å². The number of hydrogen-bond acceptors (Lipinski definition) is 2. The summed E-state index contributed by atoms with van der Waals surface area (Å²) < 4.78 is 10.4. The molecular weight excluding hydrogens is 223 g/mol. The van der Waals surface area contributed by atoms with Crippen LogP contribution in [0.15, 0.2) is 10.4 Å². The molecule has 0 aliphatic carbocycles. The molecule has 0 unspecified atom stereocenters. The Morgan fingerprint density at radius 2 is 1.14 bits per heavy atom. The van der Waals surface area contributed by atoms with Gasteiger partial charge in [0.1, 0.15) is 0 Å². The highest BCUT2D eigenvalue weighted by molar-refractivity contribution is 6.37. The van der Waals surface area contributed by atoms with Crippen molar-refractivity contribution in [3.63, 3.8) is 0 Å². The zero-order valence-corrected chi connectivity index (χ0v) is 10.7. The highest BCUT2D eigenvalue weighted by Gasteiger charge is 2.06. The lowest BCUT2D eigenvalue weighted by molar-refractivity contribution is 0.155. The summed E-state index contributed by atoms with van der Waals surface area (Å²) in [4.78, 5) is 0. The molecule has 0 heterocycles. The molecule has 4 heteroatoms. The monoisotopic (exact) mass is 240 g/mol. The molecule has 0 aliphatic heterocycles. The Hall–Kier alpha value is -0.0800. The van der Waals surface area contributed by atoms with Crippen LogP contribution in [0, 0.1) is 11.8 Å². The van der Waals surface area contributed by atoms with Crippen LogP contribution in [0.3, 0.4) is 0 Å². The van der Waals surface area contributed by atoms with Gasteiger partial charge in [-0.1, -0.05) is 27.7 Å². The molecule has 0 fully saturated rings. The van der Waals surface area contributed by atoms with Crippen molar-refractivity contribution in [1.29, 1.82) is 0 Å². The molecule has 0 N–H and O–H groups in total. The fourth-order valence-electron chi connectivity index (χ4n) is 0.593. The Kier molecular flexibility index (Phi) is 7.20. The molecule has 0 saturated heterocycles. The molecule has 14 heavy (non-hydrogen) atoms. The predicted octanol–water partition coefficient (Wildman–Crippen LogP) is 3.94. The van der Waals surface area contributed by atoms with Crippen molar-refractivity contribution in [2.24, 2.45) is 11.8 Å². The Morgan fingerprint density at radius 3 is 1.36 bits per heavy atom. The number of halogens is 2. The molecule has 0 spiro atoms. The van der Waals surface area contributed by atoms with Gasteiger partial charge in [0.25, 0.3) is 0 Å². The van der Waals surface area contributed by atoms with Gasteiger partial charge >= 0.3 is 0 Å². The Balaban J connectivity index is 3.89. The second kappa shape index (κ2) is 7.24. The SMILES string of the molecule is CC(C)CO/C(Cl)=C(/Cl)OCC(C)C. The van der Waals surface area contributed by atoms with Crippen LogP contribution < -0.4 is 0 Å². The summed E-state index contributed by atoms with van der Waals surface area (Å²) in [7, 11) is 0. The van der Waals surface area contributed by atoms with Crippen molar-refractivity contribution in [1.82, 2.24) is 0 Å². The smallest absolute Gasteiger partial charge is 0.242 e. The fourth-order valence-corrected chi connectivity index (χ4v) is 0.828. The van der Waals surface area contributed by atoms with E-state index in [-0.39, 0.29) is 10.4 Å². The van der Waals surface area contributed by atoms with Gasteiger partial charge in [-0.2, -0.15) is 0 Å². The average Bonchev–Trinajstić information content (AvgIpc) is 2.09. The van der Waals surface area contributed by atoms with Crippen molar-refractivity contribution in [2.75, 3.05) is 13.2 Å². The van der Waals surface area contributed by atoms with E-state index in [9.17, 15) is 0 Å². The number of rotatable bonds is 6. The van der Waals surface area contributed by atoms with E-state index in [1.807, 2.05) is 27.7 Å². The first-order chi connectivity index (χ1) is 6.43. The van der Waals surface area contributed by atoms with Crippen molar-refractivity contribution >= 4 is 23.2 Å². The predicted molar refractivity (Wildman–Crippen MR) is 60.3 cm³/mol. The standard InChI is InChI=1S/C10H18Cl2O2/c1-7(2)5-13-9(11)10(12)14-6-8(3)4/h7-8H,5-6H2,1-4H3/b10-9-. The van der Waals surface area contributed by atoms with Crippen LogP contribution in [-0.2, 0) is 9.47 Å².